The molecule has 1 aromatic rings. The lowest BCUT2D eigenvalue weighted by Crippen LogP contribution is -2.34. The zero-order valence-corrected chi connectivity index (χ0v) is 13.0. The van der Waals surface area contributed by atoms with Crippen LogP contribution in [0.3, 0.4) is 0 Å². The van der Waals surface area contributed by atoms with Crippen LogP contribution in [-0.4, -0.2) is 42.0 Å². The molecule has 1 aromatic heterocycles. The SMILES string of the molecule is Cl.Cl.O=C(c1ccc(Br)cn1)N1CCCNCC1. The van der Waals surface area contributed by atoms with Crippen molar-refractivity contribution in [2.75, 3.05) is 26.2 Å². The van der Waals surface area contributed by atoms with E-state index in [1.807, 2.05) is 11.0 Å². The Labute approximate surface area is 127 Å². The van der Waals surface area contributed by atoms with Gasteiger partial charge in [0.1, 0.15) is 5.69 Å². The largest absolute Gasteiger partial charge is 0.336 e. The summed E-state index contributed by atoms with van der Waals surface area (Å²) in [5.41, 5.74) is 0.519. The Bertz CT molecular complexity index is 367. The van der Waals surface area contributed by atoms with Gasteiger partial charge in [0.15, 0.2) is 0 Å². The van der Waals surface area contributed by atoms with Gasteiger partial charge in [-0.05, 0) is 41.0 Å². The van der Waals surface area contributed by atoms with Gasteiger partial charge < -0.3 is 10.2 Å². The Kier molecular flexibility index (Phi) is 8.52. The minimum absolute atomic E-state index is 0. The molecule has 4 nitrogen and oxygen atoms in total. The van der Waals surface area contributed by atoms with E-state index in [9.17, 15) is 4.79 Å². The first-order valence-electron chi connectivity index (χ1n) is 5.39. The Morgan fingerprint density at radius 3 is 2.72 bits per heavy atom. The molecule has 1 N–H and O–H groups in total. The second-order valence-corrected chi connectivity index (χ2v) is 4.67. The minimum Gasteiger partial charge on any atom is -0.336 e. The van der Waals surface area contributed by atoms with Crippen LogP contribution < -0.4 is 5.32 Å². The average Bonchev–Trinajstić information content (AvgIpc) is 2.57. The number of amides is 1. The van der Waals surface area contributed by atoms with Crippen molar-refractivity contribution in [2.45, 2.75) is 6.42 Å². The fourth-order valence-corrected chi connectivity index (χ4v) is 1.95. The lowest BCUT2D eigenvalue weighted by molar-refractivity contribution is 0.0760. The number of pyridine rings is 1. The molecular weight excluding hydrogens is 341 g/mol. The molecule has 7 heteroatoms. The van der Waals surface area contributed by atoms with Crippen LogP contribution in [0, 0.1) is 0 Å². The van der Waals surface area contributed by atoms with Crippen LogP contribution in [0.1, 0.15) is 16.9 Å². The molecule has 1 fully saturated rings. The quantitative estimate of drug-likeness (QED) is 0.838. The van der Waals surface area contributed by atoms with Crippen molar-refractivity contribution in [3.05, 3.63) is 28.5 Å². The standard InChI is InChI=1S/C11H14BrN3O.2ClH/c12-9-2-3-10(14-8-9)11(16)15-6-1-4-13-5-7-15;;/h2-3,8,13H,1,4-7H2;2*1H. The molecule has 0 aromatic carbocycles. The molecule has 0 unspecified atom stereocenters. The molecule has 0 spiro atoms. The number of carbonyl (C=O) groups excluding carboxylic acids is 1. The normalized spacial score (nSPS) is 15.1. The highest BCUT2D eigenvalue weighted by atomic mass is 79.9. The van der Waals surface area contributed by atoms with Crippen LogP contribution in [0.2, 0.25) is 0 Å². The van der Waals surface area contributed by atoms with Gasteiger partial charge in [0.05, 0.1) is 0 Å². The molecule has 18 heavy (non-hydrogen) atoms. The third kappa shape index (κ3) is 4.72. The summed E-state index contributed by atoms with van der Waals surface area (Å²) < 4.78 is 0.890. The van der Waals surface area contributed by atoms with Gasteiger partial charge in [0.25, 0.3) is 5.91 Å². The molecule has 2 rings (SSSR count). The first-order valence-corrected chi connectivity index (χ1v) is 6.18. The van der Waals surface area contributed by atoms with E-state index in [1.54, 1.807) is 12.3 Å². The number of hydrogen-bond donors (Lipinski definition) is 1. The number of nitrogens with zero attached hydrogens (tertiary/aromatic N) is 2. The zero-order chi connectivity index (χ0) is 11.4. The molecule has 0 bridgehead atoms. The number of carbonyl (C=O) groups is 1. The summed E-state index contributed by atoms with van der Waals surface area (Å²) in [6.45, 7) is 3.42. The summed E-state index contributed by atoms with van der Waals surface area (Å²) in [4.78, 5) is 18.1. The summed E-state index contributed by atoms with van der Waals surface area (Å²) in [5.74, 6) is 0.0243. The Morgan fingerprint density at radius 2 is 2.06 bits per heavy atom. The van der Waals surface area contributed by atoms with E-state index >= 15 is 0 Å². The Morgan fingerprint density at radius 1 is 1.28 bits per heavy atom. The summed E-state index contributed by atoms with van der Waals surface area (Å²) in [5, 5.41) is 3.27. The Hall–Kier alpha value is -0.360. The van der Waals surface area contributed by atoms with E-state index in [-0.39, 0.29) is 30.7 Å². The van der Waals surface area contributed by atoms with Crippen LogP contribution in [0.4, 0.5) is 0 Å². The third-order valence-electron chi connectivity index (χ3n) is 2.57. The van der Waals surface area contributed by atoms with Crippen LogP contribution >= 0.6 is 40.7 Å². The number of halogens is 3. The van der Waals surface area contributed by atoms with Crippen molar-refractivity contribution in [1.29, 1.82) is 0 Å². The molecule has 1 aliphatic rings. The first-order chi connectivity index (χ1) is 7.77. The molecule has 1 aliphatic heterocycles. The fourth-order valence-electron chi connectivity index (χ4n) is 1.71. The highest BCUT2D eigenvalue weighted by Gasteiger charge is 2.17. The summed E-state index contributed by atoms with van der Waals surface area (Å²) in [6.07, 6.45) is 2.66. The van der Waals surface area contributed by atoms with Crippen LogP contribution in [0.25, 0.3) is 0 Å². The summed E-state index contributed by atoms with van der Waals surface area (Å²) >= 11 is 3.31. The molecule has 1 amide bonds. The van der Waals surface area contributed by atoms with Crippen molar-refractivity contribution < 1.29 is 4.79 Å². The van der Waals surface area contributed by atoms with Crippen molar-refractivity contribution >= 4 is 46.7 Å². The summed E-state index contributed by atoms with van der Waals surface area (Å²) in [7, 11) is 0. The number of rotatable bonds is 1. The highest BCUT2D eigenvalue weighted by molar-refractivity contribution is 9.10. The number of hydrogen-bond acceptors (Lipinski definition) is 3. The van der Waals surface area contributed by atoms with E-state index in [0.29, 0.717) is 5.69 Å². The van der Waals surface area contributed by atoms with E-state index in [4.69, 9.17) is 0 Å². The van der Waals surface area contributed by atoms with E-state index in [1.165, 1.54) is 0 Å². The maximum absolute atomic E-state index is 12.1. The molecule has 0 saturated carbocycles. The Balaban J connectivity index is 0.00000144. The van der Waals surface area contributed by atoms with Gasteiger partial charge in [-0.25, -0.2) is 4.98 Å². The van der Waals surface area contributed by atoms with Gasteiger partial charge in [-0.3, -0.25) is 4.79 Å². The lowest BCUT2D eigenvalue weighted by Gasteiger charge is -2.19. The van der Waals surface area contributed by atoms with Crippen LogP contribution in [0.15, 0.2) is 22.8 Å². The van der Waals surface area contributed by atoms with Gasteiger partial charge in [-0.15, -0.1) is 24.8 Å². The smallest absolute Gasteiger partial charge is 0.272 e. The zero-order valence-electron chi connectivity index (χ0n) is 9.76. The van der Waals surface area contributed by atoms with Gasteiger partial charge in [0, 0.05) is 30.3 Å². The predicted octanol–water partition coefficient (Wildman–Crippen LogP) is 2.12. The first kappa shape index (κ1) is 17.6. The van der Waals surface area contributed by atoms with Crippen LogP contribution in [0.5, 0.6) is 0 Å². The van der Waals surface area contributed by atoms with Crippen molar-refractivity contribution in [3.8, 4) is 0 Å². The lowest BCUT2D eigenvalue weighted by atomic mass is 10.3. The van der Waals surface area contributed by atoms with Gasteiger partial charge in [-0.1, -0.05) is 0 Å². The monoisotopic (exact) mass is 355 g/mol. The van der Waals surface area contributed by atoms with Gasteiger partial charge >= 0.3 is 0 Å². The summed E-state index contributed by atoms with van der Waals surface area (Å²) in [6, 6.07) is 3.60. The maximum atomic E-state index is 12.1. The second-order valence-electron chi connectivity index (χ2n) is 3.76. The fraction of sp³-hybridized carbons (Fsp3) is 0.455. The van der Waals surface area contributed by atoms with E-state index in [0.717, 1.165) is 37.1 Å². The molecule has 0 atom stereocenters. The van der Waals surface area contributed by atoms with E-state index in [2.05, 4.69) is 26.2 Å². The van der Waals surface area contributed by atoms with E-state index < -0.39 is 0 Å². The molecular formula is C11H16BrCl2N3O. The minimum atomic E-state index is 0. The molecule has 2 heterocycles. The molecule has 0 radical (unpaired) electrons. The van der Waals surface area contributed by atoms with Gasteiger partial charge in [-0.2, -0.15) is 0 Å². The highest BCUT2D eigenvalue weighted by Crippen LogP contribution is 2.09. The van der Waals surface area contributed by atoms with Gasteiger partial charge in [0.2, 0.25) is 0 Å². The number of aromatic nitrogens is 1. The maximum Gasteiger partial charge on any atom is 0.272 e. The second kappa shape index (κ2) is 8.69. The topological polar surface area (TPSA) is 45.2 Å². The average molecular weight is 357 g/mol. The molecule has 1 saturated heterocycles. The molecule has 0 aliphatic carbocycles. The van der Waals surface area contributed by atoms with Crippen molar-refractivity contribution in [3.63, 3.8) is 0 Å². The molecule has 102 valence electrons. The number of nitrogens with one attached hydrogen (secondary N) is 1. The van der Waals surface area contributed by atoms with Crippen LogP contribution in [-0.2, 0) is 0 Å². The third-order valence-corrected chi connectivity index (χ3v) is 3.04. The predicted molar refractivity (Wildman–Crippen MR) is 79.8 cm³/mol. The van der Waals surface area contributed by atoms with Crippen molar-refractivity contribution in [1.82, 2.24) is 15.2 Å². The van der Waals surface area contributed by atoms with Crippen molar-refractivity contribution in [2.24, 2.45) is 0 Å².